The second-order valence-electron chi connectivity index (χ2n) is 4.00. The van der Waals surface area contributed by atoms with Crippen molar-refractivity contribution >= 4 is 73.4 Å². The summed E-state index contributed by atoms with van der Waals surface area (Å²) in [6, 6.07) is 11.9. The average Bonchev–Trinajstić information content (AvgIpc) is 2.68. The van der Waals surface area contributed by atoms with Crippen molar-refractivity contribution < 1.29 is 0 Å². The van der Waals surface area contributed by atoms with Gasteiger partial charge in [-0.2, -0.15) is 0 Å². The third-order valence-electron chi connectivity index (χ3n) is 2.82. The van der Waals surface area contributed by atoms with Crippen LogP contribution in [0.1, 0.15) is 0 Å². The topological polar surface area (TPSA) is 20.7 Å². The summed E-state index contributed by atoms with van der Waals surface area (Å²) < 4.78 is 4.64. The number of fused-ring (bicyclic) bond motifs is 1. The Kier molecular flexibility index (Phi) is 3.72. The van der Waals surface area contributed by atoms with E-state index in [2.05, 4.69) is 61.7 Å². The summed E-state index contributed by atoms with van der Waals surface area (Å²) in [7, 11) is 0. The molecule has 0 aliphatic rings. The standard InChI is InChI=1S/C13H7BrClIN2S/c14-12-8(15)2-1-3-11(12)18-10-5-4-7(16)6-9(10)17-13(18)19/h1-6H,(H,17,19). The molecule has 0 atom stereocenters. The van der Waals surface area contributed by atoms with Crippen LogP contribution in [-0.2, 0) is 0 Å². The van der Waals surface area contributed by atoms with Gasteiger partial charge >= 0.3 is 0 Å². The molecule has 1 N–H and O–H groups in total. The normalized spacial score (nSPS) is 11.1. The Labute approximate surface area is 142 Å². The van der Waals surface area contributed by atoms with Crippen molar-refractivity contribution in [3.63, 3.8) is 0 Å². The molecule has 0 aliphatic heterocycles. The number of nitrogens with zero attached hydrogens (tertiary/aromatic N) is 1. The Bertz CT molecular complexity index is 840. The van der Waals surface area contributed by atoms with Crippen molar-refractivity contribution in [3.05, 3.63) is 54.2 Å². The highest BCUT2D eigenvalue weighted by molar-refractivity contribution is 14.1. The predicted molar refractivity (Wildman–Crippen MR) is 93.9 cm³/mol. The number of rotatable bonds is 1. The van der Waals surface area contributed by atoms with E-state index in [1.54, 1.807) is 0 Å². The van der Waals surface area contributed by atoms with Gasteiger partial charge in [0.2, 0.25) is 0 Å². The molecule has 0 radical (unpaired) electrons. The lowest BCUT2D eigenvalue weighted by molar-refractivity contribution is 1.06. The second-order valence-corrected chi connectivity index (χ2v) is 6.83. The van der Waals surface area contributed by atoms with Crippen molar-refractivity contribution in [2.24, 2.45) is 0 Å². The number of H-pyrrole nitrogens is 1. The average molecular weight is 466 g/mol. The van der Waals surface area contributed by atoms with Gasteiger partial charge in [-0.1, -0.05) is 17.7 Å². The fourth-order valence-corrected chi connectivity index (χ4v) is 3.40. The summed E-state index contributed by atoms with van der Waals surface area (Å²) in [6.45, 7) is 0. The molecule has 96 valence electrons. The number of hydrogen-bond acceptors (Lipinski definition) is 1. The molecule has 0 spiro atoms. The third-order valence-corrected chi connectivity index (χ3v) is 5.15. The van der Waals surface area contributed by atoms with E-state index in [1.165, 1.54) is 3.57 Å². The molecule has 3 aromatic rings. The number of imidazole rings is 1. The number of halogens is 3. The number of benzene rings is 2. The monoisotopic (exact) mass is 464 g/mol. The van der Waals surface area contributed by atoms with E-state index in [1.807, 2.05) is 22.8 Å². The van der Waals surface area contributed by atoms with E-state index >= 15 is 0 Å². The predicted octanol–water partition coefficient (Wildman–Crippen LogP) is 5.71. The second kappa shape index (κ2) is 5.20. The van der Waals surface area contributed by atoms with Gasteiger partial charge in [0.1, 0.15) is 0 Å². The lowest BCUT2D eigenvalue weighted by Gasteiger charge is -2.08. The molecule has 0 amide bonds. The van der Waals surface area contributed by atoms with E-state index in [9.17, 15) is 0 Å². The first-order valence-corrected chi connectivity index (χ1v) is 8.08. The highest BCUT2D eigenvalue weighted by Gasteiger charge is 2.11. The molecule has 0 unspecified atom stereocenters. The molecule has 0 saturated carbocycles. The summed E-state index contributed by atoms with van der Waals surface area (Å²) in [5, 5.41) is 0.666. The van der Waals surface area contributed by atoms with Gasteiger partial charge in [-0.3, -0.25) is 4.57 Å². The van der Waals surface area contributed by atoms with Gasteiger partial charge in [0.25, 0.3) is 0 Å². The van der Waals surface area contributed by atoms with Gasteiger partial charge in [0.05, 0.1) is 26.2 Å². The summed E-state index contributed by atoms with van der Waals surface area (Å²) in [4.78, 5) is 3.22. The van der Waals surface area contributed by atoms with Crippen LogP contribution in [0.5, 0.6) is 0 Å². The van der Waals surface area contributed by atoms with Gasteiger partial charge < -0.3 is 4.98 Å². The number of nitrogens with one attached hydrogen (secondary N) is 1. The van der Waals surface area contributed by atoms with Crippen molar-refractivity contribution in [2.45, 2.75) is 0 Å². The molecule has 19 heavy (non-hydrogen) atoms. The minimum Gasteiger partial charge on any atom is -0.330 e. The molecule has 3 rings (SSSR count). The largest absolute Gasteiger partial charge is 0.330 e. The van der Waals surface area contributed by atoms with Crippen LogP contribution in [0.25, 0.3) is 16.7 Å². The van der Waals surface area contributed by atoms with E-state index < -0.39 is 0 Å². The Morgan fingerprint density at radius 2 is 2.05 bits per heavy atom. The van der Waals surface area contributed by atoms with Crippen LogP contribution in [0.2, 0.25) is 5.02 Å². The van der Waals surface area contributed by atoms with Crippen molar-refractivity contribution in [1.82, 2.24) is 9.55 Å². The number of aromatic amines is 1. The van der Waals surface area contributed by atoms with Crippen LogP contribution < -0.4 is 0 Å². The number of hydrogen-bond donors (Lipinski definition) is 1. The van der Waals surface area contributed by atoms with E-state index in [4.69, 9.17) is 23.8 Å². The SMILES string of the molecule is S=c1[nH]c2cc(I)ccc2n1-c1cccc(Cl)c1Br. The van der Waals surface area contributed by atoms with Crippen molar-refractivity contribution in [1.29, 1.82) is 0 Å². The maximum Gasteiger partial charge on any atom is 0.182 e. The van der Waals surface area contributed by atoms with Crippen LogP contribution in [0.3, 0.4) is 0 Å². The zero-order chi connectivity index (χ0) is 13.6. The summed E-state index contributed by atoms with van der Waals surface area (Å²) >= 11 is 17.4. The van der Waals surface area contributed by atoms with Gasteiger partial charge in [-0.05, 0) is 81.1 Å². The Morgan fingerprint density at radius 1 is 1.26 bits per heavy atom. The fraction of sp³-hybridized carbons (Fsp3) is 0. The van der Waals surface area contributed by atoms with Gasteiger partial charge in [-0.15, -0.1) is 0 Å². The van der Waals surface area contributed by atoms with Gasteiger partial charge in [0, 0.05) is 3.57 Å². The molecular formula is C13H7BrClIN2S. The smallest absolute Gasteiger partial charge is 0.182 e. The molecule has 0 aliphatic carbocycles. The Balaban J connectivity index is 2.40. The first-order valence-electron chi connectivity index (χ1n) is 5.42. The minimum absolute atomic E-state index is 0.653. The summed E-state index contributed by atoms with van der Waals surface area (Å²) in [5.74, 6) is 0. The molecule has 2 aromatic carbocycles. The Morgan fingerprint density at radius 3 is 2.84 bits per heavy atom. The molecule has 6 heteroatoms. The third kappa shape index (κ3) is 2.37. The van der Waals surface area contributed by atoms with Crippen LogP contribution in [0.15, 0.2) is 40.9 Å². The fourth-order valence-electron chi connectivity index (χ4n) is 1.99. The quantitative estimate of drug-likeness (QED) is 0.361. The molecule has 2 nitrogen and oxygen atoms in total. The zero-order valence-electron chi connectivity index (χ0n) is 9.45. The number of aromatic nitrogens is 2. The molecule has 0 saturated heterocycles. The minimum atomic E-state index is 0.653. The van der Waals surface area contributed by atoms with Crippen LogP contribution in [-0.4, -0.2) is 9.55 Å². The zero-order valence-corrected chi connectivity index (χ0v) is 14.8. The van der Waals surface area contributed by atoms with E-state index in [-0.39, 0.29) is 0 Å². The highest BCUT2D eigenvalue weighted by Crippen LogP contribution is 2.31. The summed E-state index contributed by atoms with van der Waals surface area (Å²) in [5.41, 5.74) is 2.99. The Hall–Kier alpha value is -0.370. The first kappa shape index (κ1) is 13.6. The lowest BCUT2D eigenvalue weighted by Crippen LogP contribution is -1.95. The van der Waals surface area contributed by atoms with E-state index in [0.717, 1.165) is 21.2 Å². The molecular weight excluding hydrogens is 458 g/mol. The van der Waals surface area contributed by atoms with E-state index in [0.29, 0.717) is 9.79 Å². The molecule has 1 aromatic heterocycles. The van der Waals surface area contributed by atoms with Crippen LogP contribution in [0.4, 0.5) is 0 Å². The molecule has 0 fully saturated rings. The first-order chi connectivity index (χ1) is 9.08. The van der Waals surface area contributed by atoms with Crippen LogP contribution >= 0.6 is 62.3 Å². The van der Waals surface area contributed by atoms with Gasteiger partial charge in [-0.25, -0.2) is 0 Å². The highest BCUT2D eigenvalue weighted by atomic mass is 127. The van der Waals surface area contributed by atoms with Crippen LogP contribution in [0, 0.1) is 8.34 Å². The van der Waals surface area contributed by atoms with Crippen molar-refractivity contribution in [3.8, 4) is 5.69 Å². The maximum absolute atomic E-state index is 6.15. The summed E-state index contributed by atoms with van der Waals surface area (Å²) in [6.07, 6.45) is 0. The lowest BCUT2D eigenvalue weighted by atomic mass is 10.3. The molecule has 0 bridgehead atoms. The maximum atomic E-state index is 6.15. The van der Waals surface area contributed by atoms with Gasteiger partial charge in [0.15, 0.2) is 4.77 Å². The molecule has 1 heterocycles. The van der Waals surface area contributed by atoms with Crippen molar-refractivity contribution in [2.75, 3.05) is 0 Å².